The molecule has 0 fully saturated rings. The molecule has 0 aliphatic heterocycles. The van der Waals surface area contributed by atoms with Crippen LogP contribution >= 0.6 is 11.3 Å². The van der Waals surface area contributed by atoms with Crippen LogP contribution in [-0.2, 0) is 0 Å². The number of H-pyrrole nitrogens is 1. The van der Waals surface area contributed by atoms with Gasteiger partial charge >= 0.3 is 4.87 Å². The van der Waals surface area contributed by atoms with Crippen LogP contribution in [0, 0.1) is 0 Å². The molecule has 0 atom stereocenters. The van der Waals surface area contributed by atoms with E-state index in [1.54, 1.807) is 0 Å². The molecule has 0 amide bonds. The molecule has 0 saturated carbocycles. The van der Waals surface area contributed by atoms with Crippen LogP contribution in [0.4, 0.5) is 0 Å². The zero-order valence-corrected chi connectivity index (χ0v) is 10.4. The summed E-state index contributed by atoms with van der Waals surface area (Å²) in [5.41, 5.74) is 4.29. The fourth-order valence-electron chi connectivity index (χ4n) is 1.89. The summed E-state index contributed by atoms with van der Waals surface area (Å²) in [7, 11) is 0. The SMILES string of the molecule is O=c1[nH]c(-c2ccc(-c3ccccc3)cc2)cs1. The van der Waals surface area contributed by atoms with Crippen molar-refractivity contribution in [3.05, 3.63) is 69.6 Å². The molecular formula is C15H11NOS. The Balaban J connectivity index is 1.97. The van der Waals surface area contributed by atoms with Crippen molar-refractivity contribution < 1.29 is 0 Å². The zero-order chi connectivity index (χ0) is 12.4. The Morgan fingerprint density at radius 2 is 1.39 bits per heavy atom. The average Bonchev–Trinajstić information content (AvgIpc) is 2.87. The van der Waals surface area contributed by atoms with Gasteiger partial charge in [0, 0.05) is 5.38 Å². The van der Waals surface area contributed by atoms with E-state index in [-0.39, 0.29) is 4.87 Å². The van der Waals surface area contributed by atoms with Gasteiger partial charge in [0.25, 0.3) is 0 Å². The van der Waals surface area contributed by atoms with Crippen molar-refractivity contribution in [1.82, 2.24) is 4.98 Å². The monoisotopic (exact) mass is 253 g/mol. The number of aromatic amines is 1. The van der Waals surface area contributed by atoms with Crippen LogP contribution in [0.1, 0.15) is 0 Å². The Hall–Kier alpha value is -2.13. The number of nitrogens with one attached hydrogen (secondary N) is 1. The van der Waals surface area contributed by atoms with Crippen molar-refractivity contribution in [1.29, 1.82) is 0 Å². The van der Waals surface area contributed by atoms with E-state index in [0.717, 1.165) is 11.3 Å². The van der Waals surface area contributed by atoms with E-state index < -0.39 is 0 Å². The third-order valence-electron chi connectivity index (χ3n) is 2.82. The van der Waals surface area contributed by atoms with E-state index in [0.29, 0.717) is 0 Å². The standard InChI is InChI=1S/C15H11NOS/c17-15-16-14(10-18-15)13-8-6-12(7-9-13)11-4-2-1-3-5-11/h1-10H,(H,16,17). The summed E-state index contributed by atoms with van der Waals surface area (Å²) in [6.07, 6.45) is 0. The van der Waals surface area contributed by atoms with Gasteiger partial charge in [0.15, 0.2) is 0 Å². The summed E-state index contributed by atoms with van der Waals surface area (Å²) in [4.78, 5) is 13.9. The lowest BCUT2D eigenvalue weighted by molar-refractivity contribution is 1.34. The summed E-state index contributed by atoms with van der Waals surface area (Å²) in [5, 5.41) is 1.85. The highest BCUT2D eigenvalue weighted by molar-refractivity contribution is 7.07. The molecule has 2 aromatic carbocycles. The van der Waals surface area contributed by atoms with E-state index in [2.05, 4.69) is 29.2 Å². The number of hydrogen-bond donors (Lipinski definition) is 1. The van der Waals surface area contributed by atoms with E-state index in [1.807, 2.05) is 35.7 Å². The van der Waals surface area contributed by atoms with Crippen molar-refractivity contribution in [3.63, 3.8) is 0 Å². The van der Waals surface area contributed by atoms with Crippen LogP contribution in [-0.4, -0.2) is 4.98 Å². The van der Waals surface area contributed by atoms with Crippen molar-refractivity contribution in [2.75, 3.05) is 0 Å². The molecule has 0 unspecified atom stereocenters. The Labute approximate surface area is 109 Å². The van der Waals surface area contributed by atoms with Gasteiger partial charge < -0.3 is 4.98 Å². The molecule has 0 saturated heterocycles. The second-order valence-corrected chi connectivity index (χ2v) is 4.85. The fourth-order valence-corrected chi connectivity index (χ4v) is 2.48. The molecule has 0 bridgehead atoms. The van der Waals surface area contributed by atoms with Crippen LogP contribution in [0.2, 0.25) is 0 Å². The lowest BCUT2D eigenvalue weighted by Gasteiger charge is -2.02. The van der Waals surface area contributed by atoms with Crippen LogP contribution in [0.5, 0.6) is 0 Å². The highest BCUT2D eigenvalue weighted by atomic mass is 32.1. The van der Waals surface area contributed by atoms with Crippen LogP contribution in [0.3, 0.4) is 0 Å². The fraction of sp³-hybridized carbons (Fsp3) is 0. The molecule has 18 heavy (non-hydrogen) atoms. The van der Waals surface area contributed by atoms with Gasteiger partial charge in [-0.05, 0) is 16.7 Å². The Morgan fingerprint density at radius 3 is 2.00 bits per heavy atom. The van der Waals surface area contributed by atoms with Gasteiger partial charge in [-0.15, -0.1) is 0 Å². The number of thiazole rings is 1. The highest BCUT2D eigenvalue weighted by Gasteiger charge is 2.01. The summed E-state index contributed by atoms with van der Waals surface area (Å²) in [5.74, 6) is 0. The maximum Gasteiger partial charge on any atom is 0.304 e. The minimum absolute atomic E-state index is 0.0165. The first kappa shape index (κ1) is 11.0. The lowest BCUT2D eigenvalue weighted by atomic mass is 10.0. The topological polar surface area (TPSA) is 32.9 Å². The highest BCUT2D eigenvalue weighted by Crippen LogP contribution is 2.23. The summed E-state index contributed by atoms with van der Waals surface area (Å²) >= 11 is 1.19. The molecule has 88 valence electrons. The van der Waals surface area contributed by atoms with E-state index >= 15 is 0 Å². The van der Waals surface area contributed by atoms with Gasteiger partial charge in [-0.2, -0.15) is 0 Å². The molecular weight excluding hydrogens is 242 g/mol. The number of rotatable bonds is 2. The maximum atomic E-state index is 11.1. The van der Waals surface area contributed by atoms with E-state index in [9.17, 15) is 4.79 Å². The van der Waals surface area contributed by atoms with Crippen molar-refractivity contribution in [2.24, 2.45) is 0 Å². The molecule has 3 aromatic rings. The minimum atomic E-state index is -0.0165. The Kier molecular flexibility index (Phi) is 2.82. The number of aromatic nitrogens is 1. The molecule has 0 radical (unpaired) electrons. The van der Waals surface area contributed by atoms with E-state index in [4.69, 9.17) is 0 Å². The van der Waals surface area contributed by atoms with Gasteiger partial charge in [0.05, 0.1) is 5.69 Å². The van der Waals surface area contributed by atoms with Gasteiger partial charge in [0.1, 0.15) is 0 Å². The normalized spacial score (nSPS) is 10.4. The van der Waals surface area contributed by atoms with Gasteiger partial charge in [-0.3, -0.25) is 4.79 Å². The molecule has 1 aromatic heterocycles. The third-order valence-corrected chi connectivity index (χ3v) is 3.49. The third kappa shape index (κ3) is 2.13. The van der Waals surface area contributed by atoms with Crippen molar-refractivity contribution in [2.45, 2.75) is 0 Å². The maximum absolute atomic E-state index is 11.1. The molecule has 1 heterocycles. The number of hydrogen-bond acceptors (Lipinski definition) is 2. The van der Waals surface area contributed by atoms with Gasteiger partial charge in [-0.25, -0.2) is 0 Å². The largest absolute Gasteiger partial charge is 0.312 e. The quantitative estimate of drug-likeness (QED) is 0.741. The summed E-state index contributed by atoms with van der Waals surface area (Å²) < 4.78 is 0. The van der Waals surface area contributed by atoms with Crippen LogP contribution in [0.25, 0.3) is 22.4 Å². The zero-order valence-electron chi connectivity index (χ0n) is 9.59. The molecule has 0 aliphatic rings. The lowest BCUT2D eigenvalue weighted by Crippen LogP contribution is -1.92. The minimum Gasteiger partial charge on any atom is -0.312 e. The van der Waals surface area contributed by atoms with Crippen molar-refractivity contribution >= 4 is 11.3 Å². The molecule has 0 spiro atoms. The Morgan fingerprint density at radius 1 is 0.778 bits per heavy atom. The van der Waals surface area contributed by atoms with E-state index in [1.165, 1.54) is 22.5 Å². The predicted octanol–water partition coefficient (Wildman–Crippen LogP) is 3.77. The molecule has 1 N–H and O–H groups in total. The smallest absolute Gasteiger partial charge is 0.304 e. The average molecular weight is 253 g/mol. The predicted molar refractivity (Wildman–Crippen MR) is 75.8 cm³/mol. The van der Waals surface area contributed by atoms with Gasteiger partial charge in [0.2, 0.25) is 0 Å². The second-order valence-electron chi connectivity index (χ2n) is 4.01. The molecule has 3 heteroatoms. The first-order valence-electron chi connectivity index (χ1n) is 5.66. The summed E-state index contributed by atoms with van der Waals surface area (Å²) in [6, 6.07) is 18.4. The van der Waals surface area contributed by atoms with Crippen molar-refractivity contribution in [3.8, 4) is 22.4 Å². The molecule has 2 nitrogen and oxygen atoms in total. The van der Waals surface area contributed by atoms with Gasteiger partial charge in [-0.1, -0.05) is 65.9 Å². The first-order valence-corrected chi connectivity index (χ1v) is 6.54. The second kappa shape index (κ2) is 4.63. The Bertz CT molecular complexity index is 695. The molecule has 0 aliphatic carbocycles. The first-order chi connectivity index (χ1) is 8.83. The number of benzene rings is 2. The molecule has 3 rings (SSSR count). The summed E-state index contributed by atoms with van der Waals surface area (Å²) in [6.45, 7) is 0. The van der Waals surface area contributed by atoms with Crippen LogP contribution < -0.4 is 4.87 Å². The van der Waals surface area contributed by atoms with Crippen LogP contribution in [0.15, 0.2) is 64.8 Å².